The molecule has 49 heavy (non-hydrogen) atoms. The fourth-order valence-corrected chi connectivity index (χ4v) is 5.21. The number of anilines is 1. The van der Waals surface area contributed by atoms with Crippen molar-refractivity contribution >= 4 is 23.9 Å². The van der Waals surface area contributed by atoms with Crippen molar-refractivity contribution in [1.82, 2.24) is 25.1 Å². The van der Waals surface area contributed by atoms with Crippen molar-refractivity contribution in [2.75, 3.05) is 17.9 Å². The van der Waals surface area contributed by atoms with E-state index in [9.17, 15) is 22.4 Å². The van der Waals surface area contributed by atoms with Crippen LogP contribution in [-0.2, 0) is 11.2 Å². The molecule has 9 nitrogen and oxygen atoms in total. The molecule has 3 aromatic heterocycles. The highest BCUT2D eigenvalue weighted by Crippen LogP contribution is 2.38. The zero-order valence-electron chi connectivity index (χ0n) is 28.2. The molecule has 1 amide bonds. The highest BCUT2D eigenvalue weighted by Gasteiger charge is 2.48. The van der Waals surface area contributed by atoms with Gasteiger partial charge in [0.1, 0.15) is 23.1 Å². The van der Waals surface area contributed by atoms with Crippen molar-refractivity contribution in [3.63, 3.8) is 0 Å². The molecule has 4 rings (SSSR count). The van der Waals surface area contributed by atoms with Gasteiger partial charge in [-0.15, -0.1) is 5.10 Å². The zero-order chi connectivity index (χ0) is 35.7. The van der Waals surface area contributed by atoms with Crippen LogP contribution in [0.5, 0.6) is 5.88 Å². The second-order valence-electron chi connectivity index (χ2n) is 13.1. The topological polar surface area (TPSA) is 103 Å². The maximum atomic E-state index is 13.7. The number of nitrogens with zero attached hydrogens (tertiary/aromatic N) is 4. The number of ether oxygens (including phenoxy) is 2. The number of carbonyl (C=O) groups is 1. The minimum Gasteiger partial charge on any atom is -0.476 e. The Morgan fingerprint density at radius 1 is 0.939 bits per heavy atom. The summed E-state index contributed by atoms with van der Waals surface area (Å²) in [7, 11) is 0. The third-order valence-corrected chi connectivity index (χ3v) is 8.09. The Hall–Kier alpha value is -4.33. The molecule has 3 heterocycles. The van der Waals surface area contributed by atoms with Crippen molar-refractivity contribution in [2.24, 2.45) is 5.41 Å². The van der Waals surface area contributed by atoms with Crippen molar-refractivity contribution < 1.29 is 31.8 Å². The van der Waals surface area contributed by atoms with Crippen LogP contribution >= 0.6 is 11.9 Å². The Kier molecular flexibility index (Phi) is 12.5. The average Bonchev–Trinajstić information content (AvgIpc) is 3.50. The van der Waals surface area contributed by atoms with E-state index >= 15 is 0 Å². The van der Waals surface area contributed by atoms with Gasteiger partial charge in [0.05, 0.1) is 17.3 Å². The first-order valence-corrected chi connectivity index (χ1v) is 16.8. The number of hydrogen-bond acceptors (Lipinski definition) is 8. The standard InChI is InChI=1S/C35H42F4N6O3S/c1-33(2,3)48-32(46)40-19-11-7-6-8-13-24-14-9-10-15-25(24)26-21-29(44-49-31-17-12-16-28(36)42-31)41-22-27(26)45-20-18-30(43-45)47-23-34(4,5)35(37,38)39/h9-10,12,14-18,20-22H,6-8,11,13,19,23H2,1-5H3,(H,40,46)(H,41,44). The van der Waals surface area contributed by atoms with E-state index in [1.807, 2.05) is 45.0 Å². The summed E-state index contributed by atoms with van der Waals surface area (Å²) in [6.45, 7) is 7.57. The van der Waals surface area contributed by atoms with Gasteiger partial charge < -0.3 is 19.5 Å². The highest BCUT2D eigenvalue weighted by molar-refractivity contribution is 8.00. The molecule has 0 spiro atoms. The van der Waals surface area contributed by atoms with Crippen molar-refractivity contribution in [3.05, 3.63) is 78.5 Å². The summed E-state index contributed by atoms with van der Waals surface area (Å²) in [5, 5.41) is 7.63. The smallest absolute Gasteiger partial charge is 0.407 e. The van der Waals surface area contributed by atoms with Crippen molar-refractivity contribution in [1.29, 1.82) is 0 Å². The number of alkyl halides is 3. The molecule has 0 atom stereocenters. The lowest BCUT2D eigenvalue weighted by atomic mass is 9.94. The molecule has 0 aliphatic rings. The van der Waals surface area contributed by atoms with E-state index in [0.29, 0.717) is 23.1 Å². The maximum Gasteiger partial charge on any atom is 0.407 e. The van der Waals surface area contributed by atoms with Gasteiger partial charge in [0.25, 0.3) is 0 Å². The minimum absolute atomic E-state index is 0.0488. The first kappa shape index (κ1) is 37.5. The molecule has 4 aromatic rings. The number of aromatic nitrogens is 4. The number of halogens is 4. The SMILES string of the molecule is CC(C)(C)OC(=O)NCCCCCCc1ccccc1-c1cc(NSc2cccc(F)n2)ncc1-n1ccc(OCC(C)(C)C(F)(F)F)n1. The van der Waals surface area contributed by atoms with Crippen LogP contribution in [0.15, 0.2) is 72.0 Å². The highest BCUT2D eigenvalue weighted by atomic mass is 32.2. The summed E-state index contributed by atoms with van der Waals surface area (Å²) in [6.07, 6.45) is 2.76. The molecular weight excluding hydrogens is 660 g/mol. The molecule has 1 aromatic carbocycles. The molecule has 0 bridgehead atoms. The Morgan fingerprint density at radius 3 is 2.43 bits per heavy atom. The van der Waals surface area contributed by atoms with Crippen LogP contribution in [0, 0.1) is 11.4 Å². The van der Waals surface area contributed by atoms with Crippen molar-refractivity contribution in [3.8, 4) is 22.7 Å². The van der Waals surface area contributed by atoms with Gasteiger partial charge in [-0.25, -0.2) is 19.4 Å². The molecule has 0 saturated heterocycles. The van der Waals surface area contributed by atoms with E-state index < -0.39 is 35.8 Å². The van der Waals surface area contributed by atoms with Gasteiger partial charge in [0, 0.05) is 36.3 Å². The van der Waals surface area contributed by atoms with Crippen LogP contribution < -0.4 is 14.8 Å². The number of unbranched alkanes of at least 4 members (excludes halogenated alkanes) is 3. The lowest BCUT2D eigenvalue weighted by Gasteiger charge is -2.26. The molecular formula is C35H42F4N6O3S. The number of alkyl carbamates (subject to hydrolysis) is 1. The number of carbonyl (C=O) groups excluding carboxylic acids is 1. The largest absolute Gasteiger partial charge is 0.476 e. The third-order valence-electron chi connectivity index (χ3n) is 7.34. The van der Waals surface area contributed by atoms with Gasteiger partial charge in [-0.3, -0.25) is 0 Å². The normalized spacial score (nSPS) is 12.1. The van der Waals surface area contributed by atoms with Crippen LogP contribution in [0.4, 0.5) is 28.2 Å². The van der Waals surface area contributed by atoms with Gasteiger partial charge in [-0.05, 0) is 83.2 Å². The second kappa shape index (κ2) is 16.4. The summed E-state index contributed by atoms with van der Waals surface area (Å²) >= 11 is 1.11. The number of rotatable bonds is 15. The molecule has 0 aliphatic heterocycles. The van der Waals surface area contributed by atoms with Crippen LogP contribution in [0.25, 0.3) is 16.8 Å². The van der Waals surface area contributed by atoms with Crippen LogP contribution in [0.2, 0.25) is 0 Å². The number of aryl methyl sites for hydroxylation is 1. The third kappa shape index (κ3) is 11.4. The van der Waals surface area contributed by atoms with Gasteiger partial charge >= 0.3 is 12.3 Å². The number of nitrogens with one attached hydrogen (secondary N) is 2. The van der Waals surface area contributed by atoms with E-state index in [0.717, 1.165) is 74.6 Å². The van der Waals surface area contributed by atoms with Crippen LogP contribution in [0.3, 0.4) is 0 Å². The van der Waals surface area contributed by atoms with E-state index in [1.165, 1.54) is 16.8 Å². The van der Waals surface area contributed by atoms with Gasteiger partial charge in [-0.1, -0.05) is 43.2 Å². The Labute approximate surface area is 288 Å². The quantitative estimate of drug-likeness (QED) is 0.0547. The number of hydrogen-bond donors (Lipinski definition) is 2. The predicted octanol–water partition coefficient (Wildman–Crippen LogP) is 9.18. The molecule has 0 radical (unpaired) electrons. The first-order chi connectivity index (χ1) is 23.1. The van der Waals surface area contributed by atoms with E-state index in [2.05, 4.69) is 31.2 Å². The van der Waals surface area contributed by atoms with Gasteiger partial charge in [-0.2, -0.15) is 17.6 Å². The summed E-state index contributed by atoms with van der Waals surface area (Å²) in [5.41, 5.74) is 0.778. The molecule has 264 valence electrons. The van der Waals surface area contributed by atoms with Crippen molar-refractivity contribution in [2.45, 2.75) is 83.5 Å². The number of amides is 1. The van der Waals surface area contributed by atoms with Gasteiger partial charge in [0.15, 0.2) is 0 Å². The molecule has 14 heteroatoms. The monoisotopic (exact) mass is 702 g/mol. The molecule has 0 saturated carbocycles. The van der Waals surface area contributed by atoms with Gasteiger partial charge in [0.2, 0.25) is 11.8 Å². The van der Waals surface area contributed by atoms with Crippen LogP contribution in [-0.4, -0.2) is 50.8 Å². The van der Waals surface area contributed by atoms with E-state index in [-0.39, 0.29) is 5.88 Å². The second-order valence-corrected chi connectivity index (χ2v) is 13.9. The minimum atomic E-state index is -4.44. The lowest BCUT2D eigenvalue weighted by molar-refractivity contribution is -0.219. The summed E-state index contributed by atoms with van der Waals surface area (Å²) in [5.74, 6) is -0.0651. The number of pyridine rings is 2. The lowest BCUT2D eigenvalue weighted by Crippen LogP contribution is -2.37. The fraction of sp³-hybridized carbons (Fsp3) is 0.429. The fourth-order valence-electron chi connectivity index (χ4n) is 4.61. The zero-order valence-corrected chi connectivity index (χ0v) is 29.1. The summed E-state index contributed by atoms with van der Waals surface area (Å²) in [6, 6.07) is 15.8. The Balaban J connectivity index is 1.51. The number of benzene rings is 1. The molecule has 0 unspecified atom stereocenters. The maximum absolute atomic E-state index is 13.7. The average molecular weight is 703 g/mol. The Morgan fingerprint density at radius 2 is 1.69 bits per heavy atom. The summed E-state index contributed by atoms with van der Waals surface area (Å²) in [4.78, 5) is 20.3. The van der Waals surface area contributed by atoms with E-state index in [1.54, 1.807) is 24.5 Å². The molecule has 2 N–H and O–H groups in total. The predicted molar refractivity (Wildman–Crippen MR) is 182 cm³/mol. The van der Waals surface area contributed by atoms with E-state index in [4.69, 9.17) is 9.47 Å². The molecule has 0 aliphatic carbocycles. The summed E-state index contributed by atoms with van der Waals surface area (Å²) < 4.78 is 69.2. The van der Waals surface area contributed by atoms with Crippen LogP contribution in [0.1, 0.15) is 65.9 Å². The Bertz CT molecular complexity index is 1690. The first-order valence-electron chi connectivity index (χ1n) is 16.0. The molecule has 0 fully saturated rings.